The van der Waals surface area contributed by atoms with Crippen LogP contribution in [0.1, 0.15) is 101 Å². The molecule has 0 heterocycles. The Bertz CT molecular complexity index is 3510. The minimum atomic E-state index is -0.151. The van der Waals surface area contributed by atoms with Gasteiger partial charge in [0.1, 0.15) is 0 Å². The Morgan fingerprint density at radius 1 is 0.246 bits per heavy atom. The van der Waals surface area contributed by atoms with Gasteiger partial charge in [0.15, 0.2) is 0 Å². The van der Waals surface area contributed by atoms with Gasteiger partial charge in [-0.3, -0.25) is 0 Å². The molecule has 13 rings (SSSR count). The first-order valence-electron chi connectivity index (χ1n) is 25.6. The second-order valence-corrected chi connectivity index (χ2v) is 20.9. The van der Waals surface area contributed by atoms with Gasteiger partial charge in [0.25, 0.3) is 0 Å². The molecule has 0 bridgehead atoms. The molecule has 0 N–H and O–H groups in total. The summed E-state index contributed by atoms with van der Waals surface area (Å²) in [7, 11) is 0. The molecule has 0 saturated carbocycles. The quantitative estimate of drug-likeness (QED) is 0.143. The third-order valence-corrected chi connectivity index (χ3v) is 17.6. The van der Waals surface area contributed by atoms with Crippen molar-refractivity contribution in [1.82, 2.24) is 0 Å². The summed E-state index contributed by atoms with van der Waals surface area (Å²) in [5.74, 6) is 0. The summed E-state index contributed by atoms with van der Waals surface area (Å²) in [5.41, 5.74) is 27.1. The Labute approximate surface area is 408 Å². The van der Waals surface area contributed by atoms with Crippen molar-refractivity contribution < 1.29 is 0 Å². The molecule has 0 atom stereocenters. The minimum absolute atomic E-state index is 0.0364. The highest BCUT2D eigenvalue weighted by Crippen LogP contribution is 2.57. The predicted molar refractivity (Wildman–Crippen MR) is 294 cm³/mol. The van der Waals surface area contributed by atoms with Gasteiger partial charge >= 0.3 is 0 Å². The summed E-state index contributed by atoms with van der Waals surface area (Å²) in [4.78, 5) is 0. The molecule has 0 nitrogen and oxygen atoms in total. The highest BCUT2D eigenvalue weighted by Gasteiger charge is 2.43. The van der Waals surface area contributed by atoms with Crippen LogP contribution in [0.15, 0.2) is 194 Å². The number of rotatable bonds is 8. The van der Waals surface area contributed by atoms with Crippen molar-refractivity contribution in [1.29, 1.82) is 0 Å². The molecular weight excluding hydrogens is 829 g/mol. The van der Waals surface area contributed by atoms with Gasteiger partial charge in [-0.25, -0.2) is 0 Å². The lowest BCUT2D eigenvalue weighted by atomic mass is 9.73. The van der Waals surface area contributed by atoms with E-state index >= 15 is 0 Å². The molecule has 10 aromatic carbocycles. The van der Waals surface area contributed by atoms with E-state index in [-0.39, 0.29) is 16.2 Å². The van der Waals surface area contributed by atoms with Crippen LogP contribution >= 0.6 is 0 Å². The zero-order chi connectivity index (χ0) is 46.8. The molecule has 69 heavy (non-hydrogen) atoms. The molecule has 334 valence electrons. The maximum atomic E-state index is 2.54. The van der Waals surface area contributed by atoms with Crippen LogP contribution in [0.4, 0.5) is 0 Å². The fourth-order valence-corrected chi connectivity index (χ4v) is 13.6. The van der Waals surface area contributed by atoms with E-state index in [0.29, 0.717) is 0 Å². The summed E-state index contributed by atoms with van der Waals surface area (Å²) >= 11 is 0. The van der Waals surface area contributed by atoms with E-state index in [1.165, 1.54) is 133 Å². The average Bonchev–Trinajstić information content (AvgIpc) is 3.94. The molecule has 0 unspecified atom stereocenters. The molecule has 0 saturated heterocycles. The van der Waals surface area contributed by atoms with E-state index in [1.54, 1.807) is 0 Å². The Balaban J connectivity index is 0.824. The van der Waals surface area contributed by atoms with Crippen LogP contribution in [-0.2, 0) is 16.2 Å². The van der Waals surface area contributed by atoms with Crippen LogP contribution in [0.2, 0.25) is 0 Å². The van der Waals surface area contributed by atoms with Gasteiger partial charge in [-0.05, 0) is 207 Å². The Kier molecular flexibility index (Phi) is 9.32. The van der Waals surface area contributed by atoms with Crippen LogP contribution in [0.3, 0.4) is 0 Å². The van der Waals surface area contributed by atoms with E-state index in [4.69, 9.17) is 0 Å². The van der Waals surface area contributed by atoms with Crippen molar-refractivity contribution in [3.63, 3.8) is 0 Å². The summed E-state index contributed by atoms with van der Waals surface area (Å²) in [6.45, 7) is 14.4. The molecular formula is C69H58. The molecule has 0 radical (unpaired) electrons. The zero-order valence-corrected chi connectivity index (χ0v) is 40.8. The third-order valence-electron chi connectivity index (χ3n) is 17.6. The monoisotopic (exact) mass is 886 g/mol. The van der Waals surface area contributed by atoms with Gasteiger partial charge in [-0.15, -0.1) is 0 Å². The zero-order valence-electron chi connectivity index (χ0n) is 40.8. The van der Waals surface area contributed by atoms with Gasteiger partial charge in [-0.1, -0.05) is 187 Å². The minimum Gasteiger partial charge on any atom is -0.0642 e. The number of hydrogen-bond acceptors (Lipinski definition) is 0. The molecule has 0 amide bonds. The molecule has 0 fully saturated rings. The van der Waals surface area contributed by atoms with E-state index in [9.17, 15) is 0 Å². The second kappa shape index (κ2) is 15.4. The van der Waals surface area contributed by atoms with E-state index in [0.717, 1.165) is 25.7 Å². The number of hydrogen-bond donors (Lipinski definition) is 0. The summed E-state index contributed by atoms with van der Waals surface area (Å²) < 4.78 is 0. The first-order valence-corrected chi connectivity index (χ1v) is 25.6. The lowest BCUT2D eigenvalue weighted by molar-refractivity contribution is 0.491. The first kappa shape index (κ1) is 41.9. The van der Waals surface area contributed by atoms with Gasteiger partial charge < -0.3 is 0 Å². The van der Waals surface area contributed by atoms with Crippen molar-refractivity contribution in [2.24, 2.45) is 0 Å². The largest absolute Gasteiger partial charge is 0.0642 e. The second-order valence-electron chi connectivity index (χ2n) is 20.9. The highest BCUT2D eigenvalue weighted by molar-refractivity contribution is 5.93. The molecule has 3 aliphatic carbocycles. The topological polar surface area (TPSA) is 0 Å². The summed E-state index contributed by atoms with van der Waals surface area (Å²) in [5, 5.41) is 5.14. The smallest absolute Gasteiger partial charge is 0.0210 e. The van der Waals surface area contributed by atoms with Crippen LogP contribution in [0.5, 0.6) is 0 Å². The lowest BCUT2D eigenvalue weighted by Gasteiger charge is -2.30. The van der Waals surface area contributed by atoms with Crippen molar-refractivity contribution in [2.75, 3.05) is 0 Å². The van der Waals surface area contributed by atoms with Crippen molar-refractivity contribution in [3.8, 4) is 77.9 Å². The predicted octanol–water partition coefficient (Wildman–Crippen LogP) is 19.1. The maximum Gasteiger partial charge on any atom is 0.0210 e. The van der Waals surface area contributed by atoms with E-state index in [1.807, 2.05) is 0 Å². The summed E-state index contributed by atoms with van der Waals surface area (Å²) in [6.07, 6.45) is 4.24. The standard InChI is InChI=1S/C69H58/c1-7-68(8-2)63-39-51(47-21-19-43-15-11-13-17-45(43)35-47)25-31-57(63)59-33-27-53(41-65(59)68)49-23-29-55-56-30-24-50(38-62(56)67(5,6)61(55)37-49)54-28-34-60-58-32-26-52(40-64(58)69(9-3,10-4)66(60)42-54)48-22-20-44-16-12-14-18-46(44)36-48/h11-42H,7-10H2,1-6H3. The van der Waals surface area contributed by atoms with Crippen molar-refractivity contribution in [2.45, 2.75) is 83.5 Å². The van der Waals surface area contributed by atoms with Gasteiger partial charge in [0, 0.05) is 16.2 Å². The van der Waals surface area contributed by atoms with Gasteiger partial charge in [0.05, 0.1) is 0 Å². The van der Waals surface area contributed by atoms with Crippen molar-refractivity contribution >= 4 is 21.5 Å². The van der Waals surface area contributed by atoms with Crippen molar-refractivity contribution in [3.05, 3.63) is 228 Å². The fraction of sp³-hybridized carbons (Fsp3) is 0.188. The highest BCUT2D eigenvalue weighted by atomic mass is 14.5. The number of fused-ring (bicyclic) bond motifs is 11. The average molecular weight is 887 g/mol. The Morgan fingerprint density at radius 3 is 0.768 bits per heavy atom. The fourth-order valence-electron chi connectivity index (χ4n) is 13.6. The third kappa shape index (κ3) is 6.01. The molecule has 0 aromatic heterocycles. The normalized spacial score (nSPS) is 15.1. The summed E-state index contributed by atoms with van der Waals surface area (Å²) in [6, 6.07) is 74.8. The van der Waals surface area contributed by atoms with Crippen LogP contribution < -0.4 is 0 Å². The Hall–Kier alpha value is -7.28. The lowest BCUT2D eigenvalue weighted by Crippen LogP contribution is -2.23. The molecule has 0 aliphatic heterocycles. The Morgan fingerprint density at radius 2 is 0.478 bits per heavy atom. The van der Waals surface area contributed by atoms with Crippen LogP contribution in [0, 0.1) is 0 Å². The van der Waals surface area contributed by atoms with Crippen LogP contribution in [-0.4, -0.2) is 0 Å². The van der Waals surface area contributed by atoms with Gasteiger partial charge in [0.2, 0.25) is 0 Å². The first-order chi connectivity index (χ1) is 33.7. The van der Waals surface area contributed by atoms with Crippen LogP contribution in [0.25, 0.3) is 99.4 Å². The molecule has 0 heteroatoms. The molecule has 3 aliphatic rings. The molecule has 10 aromatic rings. The SMILES string of the molecule is CCC1(CC)c2cc(-c3ccc4c(c3)C(C)(C)c3cc(-c5ccc6c(c5)C(CC)(CC)c5cc(-c7ccc8ccccc8c7)ccc5-6)ccc3-4)ccc2-c2ccc(-c3ccc4ccccc4c3)cc21. The maximum absolute atomic E-state index is 2.54. The molecule has 0 spiro atoms. The van der Waals surface area contributed by atoms with E-state index in [2.05, 4.69) is 236 Å². The van der Waals surface area contributed by atoms with Gasteiger partial charge in [-0.2, -0.15) is 0 Å². The number of benzene rings is 10. The van der Waals surface area contributed by atoms with E-state index < -0.39 is 0 Å².